The van der Waals surface area contributed by atoms with Crippen LogP contribution in [0.5, 0.6) is 0 Å². The third-order valence-corrected chi connectivity index (χ3v) is 7.43. The summed E-state index contributed by atoms with van der Waals surface area (Å²) in [7, 11) is -3.51. The van der Waals surface area contributed by atoms with Gasteiger partial charge in [-0.05, 0) is 48.1 Å². The van der Waals surface area contributed by atoms with E-state index in [2.05, 4.69) is 19.2 Å². The maximum absolute atomic E-state index is 12.9. The van der Waals surface area contributed by atoms with Gasteiger partial charge in [-0.25, -0.2) is 8.42 Å². The fourth-order valence-electron chi connectivity index (χ4n) is 3.76. The van der Waals surface area contributed by atoms with Gasteiger partial charge in [0.25, 0.3) is 0 Å². The van der Waals surface area contributed by atoms with Crippen molar-refractivity contribution in [2.24, 2.45) is 11.8 Å². The number of nitrogens with zero attached hydrogens (tertiary/aromatic N) is 1. The van der Waals surface area contributed by atoms with Crippen LogP contribution in [0.4, 0.5) is 0 Å². The minimum atomic E-state index is -3.51. The van der Waals surface area contributed by atoms with E-state index in [9.17, 15) is 13.2 Å². The van der Waals surface area contributed by atoms with Crippen LogP contribution < -0.4 is 5.32 Å². The van der Waals surface area contributed by atoms with Crippen molar-refractivity contribution in [1.82, 2.24) is 9.62 Å². The molecule has 31 heavy (non-hydrogen) atoms. The number of sulfonamides is 1. The molecule has 0 spiro atoms. The summed E-state index contributed by atoms with van der Waals surface area (Å²) < 4.78 is 26.7. The van der Waals surface area contributed by atoms with Crippen LogP contribution in [0.1, 0.15) is 43.9 Å². The Morgan fingerprint density at radius 1 is 1.06 bits per heavy atom. The second-order valence-corrected chi connectivity index (χ2v) is 10.5. The predicted octanol–water partition coefficient (Wildman–Crippen LogP) is 4.87. The molecule has 1 saturated heterocycles. The Labute approximate surface area is 190 Å². The standard InChI is InChI=1S/C24H29ClN2O3S/c1-18(2)23(20-8-10-22(25)11-9-20)26-24(28)21-12-15-27(16-13-21)31(29,30)17-14-19-6-4-3-5-7-19/h3-11,14,17-18,21,23H,12-13,15-16H2,1-2H3,(H,26,28)/b17-14+. The first-order valence-corrected chi connectivity index (χ1v) is 12.4. The van der Waals surface area contributed by atoms with Gasteiger partial charge in [0.1, 0.15) is 0 Å². The molecule has 3 rings (SSSR count). The molecule has 1 aliphatic rings. The van der Waals surface area contributed by atoms with E-state index >= 15 is 0 Å². The zero-order chi connectivity index (χ0) is 22.4. The van der Waals surface area contributed by atoms with Crippen molar-refractivity contribution in [3.05, 3.63) is 76.2 Å². The molecule has 2 aromatic rings. The molecule has 1 fully saturated rings. The number of benzene rings is 2. The highest BCUT2D eigenvalue weighted by Gasteiger charge is 2.31. The number of amides is 1. The van der Waals surface area contributed by atoms with Crippen LogP contribution in [0.2, 0.25) is 5.02 Å². The summed E-state index contributed by atoms with van der Waals surface area (Å²) in [5.41, 5.74) is 1.85. The van der Waals surface area contributed by atoms with Gasteiger partial charge in [0, 0.05) is 29.4 Å². The normalized spacial score (nSPS) is 17.2. The molecular weight excluding hydrogens is 432 g/mol. The van der Waals surface area contributed by atoms with Crippen LogP contribution in [-0.4, -0.2) is 31.7 Å². The SMILES string of the molecule is CC(C)C(NC(=O)C1CCN(S(=O)(=O)/C=C/c2ccccc2)CC1)c1ccc(Cl)cc1. The molecule has 166 valence electrons. The fraction of sp³-hybridized carbons (Fsp3) is 0.375. The van der Waals surface area contributed by atoms with Crippen LogP contribution in [0, 0.1) is 11.8 Å². The van der Waals surface area contributed by atoms with Crippen LogP contribution >= 0.6 is 11.6 Å². The summed E-state index contributed by atoms with van der Waals surface area (Å²) in [6.07, 6.45) is 2.62. The molecule has 1 atom stereocenters. The monoisotopic (exact) mass is 460 g/mol. The third-order valence-electron chi connectivity index (χ3n) is 5.61. The summed E-state index contributed by atoms with van der Waals surface area (Å²) in [6.45, 7) is 4.81. The van der Waals surface area contributed by atoms with Gasteiger partial charge in [-0.1, -0.05) is 67.9 Å². The van der Waals surface area contributed by atoms with E-state index in [1.54, 1.807) is 6.08 Å². The molecule has 0 aliphatic carbocycles. The van der Waals surface area contributed by atoms with Crippen molar-refractivity contribution < 1.29 is 13.2 Å². The smallest absolute Gasteiger partial charge is 0.236 e. The van der Waals surface area contributed by atoms with Crippen LogP contribution in [0.15, 0.2) is 60.0 Å². The van der Waals surface area contributed by atoms with Gasteiger partial charge in [0.2, 0.25) is 15.9 Å². The second-order valence-electron chi connectivity index (χ2n) is 8.21. The molecule has 0 aromatic heterocycles. The fourth-order valence-corrected chi connectivity index (χ4v) is 5.11. The van der Waals surface area contributed by atoms with Gasteiger partial charge in [-0.15, -0.1) is 0 Å². The number of carbonyl (C=O) groups is 1. The van der Waals surface area contributed by atoms with Crippen molar-refractivity contribution in [1.29, 1.82) is 0 Å². The minimum absolute atomic E-state index is 0.0227. The van der Waals surface area contributed by atoms with E-state index in [0.29, 0.717) is 31.0 Å². The number of hydrogen-bond acceptors (Lipinski definition) is 3. The highest BCUT2D eigenvalue weighted by Crippen LogP contribution is 2.26. The topological polar surface area (TPSA) is 66.5 Å². The van der Waals surface area contributed by atoms with E-state index in [-0.39, 0.29) is 23.8 Å². The lowest BCUT2D eigenvalue weighted by Gasteiger charge is -2.31. The molecular formula is C24H29ClN2O3S. The molecule has 0 bridgehead atoms. The van der Waals surface area contributed by atoms with Crippen molar-refractivity contribution in [3.63, 3.8) is 0 Å². The lowest BCUT2D eigenvalue weighted by Crippen LogP contribution is -2.43. The maximum atomic E-state index is 12.9. The first kappa shape index (κ1) is 23.5. The summed E-state index contributed by atoms with van der Waals surface area (Å²) in [4.78, 5) is 12.9. The predicted molar refractivity (Wildman–Crippen MR) is 126 cm³/mol. The van der Waals surface area contributed by atoms with E-state index in [1.807, 2.05) is 54.6 Å². The van der Waals surface area contributed by atoms with Gasteiger partial charge in [0.15, 0.2) is 0 Å². The van der Waals surface area contributed by atoms with Gasteiger partial charge >= 0.3 is 0 Å². The number of nitrogens with one attached hydrogen (secondary N) is 1. The van der Waals surface area contributed by atoms with Crippen molar-refractivity contribution in [2.45, 2.75) is 32.7 Å². The van der Waals surface area contributed by atoms with Gasteiger partial charge in [-0.3, -0.25) is 4.79 Å². The zero-order valence-electron chi connectivity index (χ0n) is 17.9. The second kappa shape index (κ2) is 10.4. The van der Waals surface area contributed by atoms with Crippen molar-refractivity contribution in [3.8, 4) is 0 Å². The van der Waals surface area contributed by atoms with Crippen LogP contribution in [0.25, 0.3) is 6.08 Å². The Bertz CT molecular complexity index is 997. The Morgan fingerprint density at radius 3 is 2.26 bits per heavy atom. The largest absolute Gasteiger partial charge is 0.349 e. The van der Waals surface area contributed by atoms with Crippen LogP contribution in [-0.2, 0) is 14.8 Å². The quantitative estimate of drug-likeness (QED) is 0.641. The average Bonchev–Trinajstić information content (AvgIpc) is 2.77. The summed E-state index contributed by atoms with van der Waals surface area (Å²) in [5, 5.41) is 5.07. The van der Waals surface area contributed by atoms with Gasteiger partial charge < -0.3 is 5.32 Å². The molecule has 0 saturated carbocycles. The molecule has 7 heteroatoms. The van der Waals surface area contributed by atoms with E-state index in [1.165, 1.54) is 9.71 Å². The average molecular weight is 461 g/mol. The minimum Gasteiger partial charge on any atom is -0.349 e. The van der Waals surface area contributed by atoms with Gasteiger partial charge in [-0.2, -0.15) is 4.31 Å². The number of hydrogen-bond donors (Lipinski definition) is 1. The Hall–Kier alpha value is -2.15. The molecule has 1 amide bonds. The number of carbonyl (C=O) groups excluding carboxylic acids is 1. The number of halogens is 1. The molecule has 1 N–H and O–H groups in total. The molecule has 2 aromatic carbocycles. The molecule has 5 nitrogen and oxygen atoms in total. The molecule has 1 heterocycles. The Balaban J connectivity index is 1.58. The Kier molecular flexibility index (Phi) is 7.92. The lowest BCUT2D eigenvalue weighted by molar-refractivity contribution is -0.127. The first-order valence-electron chi connectivity index (χ1n) is 10.6. The number of piperidine rings is 1. The lowest BCUT2D eigenvalue weighted by atomic mass is 9.93. The maximum Gasteiger partial charge on any atom is 0.236 e. The van der Waals surface area contributed by atoms with E-state index in [0.717, 1.165) is 11.1 Å². The number of rotatable bonds is 7. The third kappa shape index (κ3) is 6.42. The zero-order valence-corrected chi connectivity index (χ0v) is 19.4. The highest BCUT2D eigenvalue weighted by molar-refractivity contribution is 7.92. The van der Waals surface area contributed by atoms with Crippen LogP contribution in [0.3, 0.4) is 0 Å². The van der Waals surface area contributed by atoms with E-state index < -0.39 is 10.0 Å². The summed E-state index contributed by atoms with van der Waals surface area (Å²) >= 11 is 5.99. The molecule has 0 radical (unpaired) electrons. The van der Waals surface area contributed by atoms with Crippen molar-refractivity contribution >= 4 is 33.6 Å². The molecule has 1 unspecified atom stereocenters. The first-order chi connectivity index (χ1) is 14.8. The summed E-state index contributed by atoms with van der Waals surface area (Å²) in [6, 6.07) is 16.7. The van der Waals surface area contributed by atoms with Gasteiger partial charge in [0.05, 0.1) is 6.04 Å². The Morgan fingerprint density at radius 2 is 1.68 bits per heavy atom. The van der Waals surface area contributed by atoms with Crippen molar-refractivity contribution in [2.75, 3.05) is 13.1 Å². The summed E-state index contributed by atoms with van der Waals surface area (Å²) in [5.74, 6) is -0.00246. The molecule has 1 aliphatic heterocycles. The van der Waals surface area contributed by atoms with E-state index in [4.69, 9.17) is 11.6 Å². The highest BCUT2D eigenvalue weighted by atomic mass is 35.5.